The Bertz CT molecular complexity index is 687. The molecular weight excluding hydrogens is 273 g/mol. The van der Waals surface area contributed by atoms with Gasteiger partial charge < -0.3 is 14.4 Å². The smallest absolute Gasteiger partial charge is 0.258 e. The number of benzene rings is 2. The lowest BCUT2D eigenvalue weighted by atomic mass is 10.1. The van der Waals surface area contributed by atoms with Crippen molar-refractivity contribution in [2.24, 2.45) is 0 Å². The van der Waals surface area contributed by atoms with Crippen LogP contribution >= 0.6 is 0 Å². The molecule has 108 valence electrons. The molecule has 5 heteroatoms. The number of amides is 1. The van der Waals surface area contributed by atoms with Crippen LogP contribution in [0.2, 0.25) is 0 Å². The van der Waals surface area contributed by atoms with Crippen molar-refractivity contribution in [3.63, 3.8) is 0 Å². The Morgan fingerprint density at radius 3 is 2.95 bits per heavy atom. The van der Waals surface area contributed by atoms with E-state index in [1.165, 1.54) is 23.1 Å². The predicted octanol–water partition coefficient (Wildman–Crippen LogP) is 2.87. The van der Waals surface area contributed by atoms with Crippen LogP contribution in [0.25, 0.3) is 0 Å². The maximum atomic E-state index is 13.4. The van der Waals surface area contributed by atoms with Gasteiger partial charge in [0, 0.05) is 11.6 Å². The molecule has 0 saturated heterocycles. The van der Waals surface area contributed by atoms with Gasteiger partial charge in [-0.2, -0.15) is 0 Å². The van der Waals surface area contributed by atoms with Crippen LogP contribution in [0, 0.1) is 5.82 Å². The molecule has 3 rings (SSSR count). The summed E-state index contributed by atoms with van der Waals surface area (Å²) >= 11 is 0. The van der Waals surface area contributed by atoms with E-state index in [4.69, 9.17) is 9.47 Å². The summed E-state index contributed by atoms with van der Waals surface area (Å²) in [5, 5.41) is 0. The Hall–Kier alpha value is -2.56. The van der Waals surface area contributed by atoms with Crippen molar-refractivity contribution in [1.29, 1.82) is 0 Å². The average Bonchev–Trinajstić information content (AvgIpc) is 2.53. The lowest BCUT2D eigenvalue weighted by molar-refractivity contribution is 0.0976. The van der Waals surface area contributed by atoms with E-state index >= 15 is 0 Å². The molecule has 0 aromatic heterocycles. The summed E-state index contributed by atoms with van der Waals surface area (Å²) < 4.78 is 24.0. The maximum absolute atomic E-state index is 13.4. The summed E-state index contributed by atoms with van der Waals surface area (Å²) in [6.07, 6.45) is 0. The van der Waals surface area contributed by atoms with Gasteiger partial charge in [0.05, 0.1) is 19.3 Å². The summed E-state index contributed by atoms with van der Waals surface area (Å²) in [7, 11) is 1.54. The topological polar surface area (TPSA) is 38.8 Å². The molecule has 1 amide bonds. The van der Waals surface area contributed by atoms with Crippen molar-refractivity contribution in [3.05, 3.63) is 53.8 Å². The fourth-order valence-electron chi connectivity index (χ4n) is 2.31. The molecule has 0 radical (unpaired) electrons. The number of hydrogen-bond donors (Lipinski definition) is 0. The van der Waals surface area contributed by atoms with E-state index in [9.17, 15) is 9.18 Å². The van der Waals surface area contributed by atoms with E-state index in [0.29, 0.717) is 35.9 Å². The molecule has 1 heterocycles. The van der Waals surface area contributed by atoms with E-state index < -0.39 is 5.82 Å². The lowest BCUT2D eigenvalue weighted by Gasteiger charge is -2.29. The van der Waals surface area contributed by atoms with Gasteiger partial charge >= 0.3 is 0 Å². The molecule has 21 heavy (non-hydrogen) atoms. The molecule has 4 nitrogen and oxygen atoms in total. The Morgan fingerprint density at radius 2 is 2.14 bits per heavy atom. The molecule has 0 unspecified atom stereocenters. The number of halogens is 1. The van der Waals surface area contributed by atoms with E-state index in [1.54, 1.807) is 31.4 Å². The summed E-state index contributed by atoms with van der Waals surface area (Å²) in [6, 6.07) is 11.1. The quantitative estimate of drug-likeness (QED) is 0.852. The van der Waals surface area contributed by atoms with Crippen LogP contribution in [0.5, 0.6) is 11.5 Å². The third-order valence-electron chi connectivity index (χ3n) is 3.35. The van der Waals surface area contributed by atoms with Crippen molar-refractivity contribution in [3.8, 4) is 11.5 Å². The molecule has 0 bridgehead atoms. The zero-order valence-corrected chi connectivity index (χ0v) is 11.5. The Morgan fingerprint density at radius 1 is 1.29 bits per heavy atom. The summed E-state index contributed by atoms with van der Waals surface area (Å²) in [4.78, 5) is 14.2. The van der Waals surface area contributed by atoms with Crippen LogP contribution < -0.4 is 14.4 Å². The number of carbonyl (C=O) groups is 1. The van der Waals surface area contributed by atoms with Crippen LogP contribution in [-0.2, 0) is 0 Å². The van der Waals surface area contributed by atoms with Crippen molar-refractivity contribution < 1.29 is 18.7 Å². The van der Waals surface area contributed by atoms with E-state index in [0.717, 1.165) is 0 Å². The molecule has 0 aliphatic carbocycles. The fourth-order valence-corrected chi connectivity index (χ4v) is 2.31. The molecular formula is C16H14FNO3. The molecule has 0 saturated carbocycles. The Labute approximate surface area is 121 Å². The number of anilines is 1. The Kier molecular flexibility index (Phi) is 3.48. The molecule has 2 aromatic rings. The minimum atomic E-state index is -0.400. The molecule has 2 aromatic carbocycles. The van der Waals surface area contributed by atoms with Crippen molar-refractivity contribution >= 4 is 11.6 Å². The molecule has 0 atom stereocenters. The van der Waals surface area contributed by atoms with E-state index in [-0.39, 0.29) is 5.91 Å². The average molecular weight is 287 g/mol. The molecule has 1 aliphatic heterocycles. The second kappa shape index (κ2) is 5.44. The van der Waals surface area contributed by atoms with E-state index in [2.05, 4.69) is 0 Å². The zero-order valence-electron chi connectivity index (χ0n) is 11.5. The first kappa shape index (κ1) is 13.4. The van der Waals surface area contributed by atoms with Crippen LogP contribution in [0.15, 0.2) is 42.5 Å². The number of carbonyl (C=O) groups excluding carboxylic acids is 1. The van der Waals surface area contributed by atoms with Gasteiger partial charge in [0.2, 0.25) is 0 Å². The molecule has 0 N–H and O–H groups in total. The van der Waals surface area contributed by atoms with E-state index in [1.807, 2.05) is 0 Å². The third-order valence-corrected chi connectivity index (χ3v) is 3.35. The first-order valence-electron chi connectivity index (χ1n) is 6.57. The molecule has 0 fully saturated rings. The molecule has 1 aliphatic rings. The SMILES string of the molecule is COc1cccc(C(=O)N2CCOc3ccc(F)cc32)c1. The second-order valence-electron chi connectivity index (χ2n) is 4.65. The fraction of sp³-hybridized carbons (Fsp3) is 0.188. The number of fused-ring (bicyclic) bond motifs is 1. The minimum Gasteiger partial charge on any atom is -0.497 e. The van der Waals surface area contributed by atoms with Gasteiger partial charge in [-0.05, 0) is 30.3 Å². The van der Waals surface area contributed by atoms with Crippen LogP contribution in [0.1, 0.15) is 10.4 Å². The van der Waals surface area contributed by atoms with Crippen molar-refractivity contribution in [2.75, 3.05) is 25.2 Å². The number of nitrogens with zero attached hydrogens (tertiary/aromatic N) is 1. The monoisotopic (exact) mass is 287 g/mol. The standard InChI is InChI=1S/C16H14FNO3/c1-20-13-4-2-3-11(9-13)16(19)18-7-8-21-15-6-5-12(17)10-14(15)18/h2-6,9-10H,7-8H2,1H3. The van der Waals surface area contributed by atoms with Gasteiger partial charge in [-0.15, -0.1) is 0 Å². The highest BCUT2D eigenvalue weighted by atomic mass is 19.1. The minimum absolute atomic E-state index is 0.205. The zero-order chi connectivity index (χ0) is 14.8. The summed E-state index contributed by atoms with van der Waals surface area (Å²) in [5.74, 6) is 0.513. The molecule has 0 spiro atoms. The highest BCUT2D eigenvalue weighted by Crippen LogP contribution is 2.33. The number of ether oxygens (including phenoxy) is 2. The summed E-state index contributed by atoms with van der Waals surface area (Å²) in [6.45, 7) is 0.765. The lowest BCUT2D eigenvalue weighted by Crippen LogP contribution is -2.38. The highest BCUT2D eigenvalue weighted by Gasteiger charge is 2.25. The van der Waals surface area contributed by atoms with Crippen molar-refractivity contribution in [1.82, 2.24) is 0 Å². The first-order chi connectivity index (χ1) is 10.2. The number of rotatable bonds is 2. The van der Waals surface area contributed by atoms with Crippen molar-refractivity contribution in [2.45, 2.75) is 0 Å². The number of hydrogen-bond acceptors (Lipinski definition) is 3. The third kappa shape index (κ3) is 2.54. The van der Waals surface area contributed by atoms with Gasteiger partial charge in [-0.1, -0.05) is 6.07 Å². The summed E-state index contributed by atoms with van der Waals surface area (Å²) in [5.41, 5.74) is 0.945. The van der Waals surface area contributed by atoms with Crippen LogP contribution in [0.3, 0.4) is 0 Å². The van der Waals surface area contributed by atoms with Gasteiger partial charge in [0.15, 0.2) is 0 Å². The largest absolute Gasteiger partial charge is 0.497 e. The Balaban J connectivity index is 1.97. The van der Waals surface area contributed by atoms with Gasteiger partial charge in [-0.25, -0.2) is 4.39 Å². The second-order valence-corrected chi connectivity index (χ2v) is 4.65. The first-order valence-corrected chi connectivity index (χ1v) is 6.57. The van der Waals surface area contributed by atoms with Gasteiger partial charge in [0.25, 0.3) is 5.91 Å². The number of methoxy groups -OCH3 is 1. The van der Waals surface area contributed by atoms with Crippen LogP contribution in [0.4, 0.5) is 10.1 Å². The normalized spacial score (nSPS) is 13.3. The van der Waals surface area contributed by atoms with Gasteiger partial charge in [0.1, 0.15) is 23.9 Å². The predicted molar refractivity (Wildman–Crippen MR) is 76.6 cm³/mol. The maximum Gasteiger partial charge on any atom is 0.258 e. The highest BCUT2D eigenvalue weighted by molar-refractivity contribution is 6.07. The van der Waals surface area contributed by atoms with Gasteiger partial charge in [-0.3, -0.25) is 4.79 Å². The van der Waals surface area contributed by atoms with Crippen LogP contribution in [-0.4, -0.2) is 26.2 Å².